The molecule has 2 aromatic rings. The van der Waals surface area contributed by atoms with Crippen LogP contribution in [0.2, 0.25) is 0 Å². The molecule has 2 aliphatic heterocycles. The zero-order chi connectivity index (χ0) is 16.1. The standard InChI is InChI=1S/C20H10O4/c21-15-9-7-11-3-1-5-13-17(11)19(15)20(23-13)16(22)10-8-12-4-2-6-14(24-19)18(12)20/h1-10H/t19-,20-/m0/s1. The summed E-state index contributed by atoms with van der Waals surface area (Å²) in [6, 6.07) is 11.1. The number of carbonyl (C=O) groups excluding carboxylic acids is 2. The highest BCUT2D eigenvalue weighted by atomic mass is 16.6. The van der Waals surface area contributed by atoms with Crippen molar-refractivity contribution in [1.82, 2.24) is 0 Å². The van der Waals surface area contributed by atoms with Crippen LogP contribution in [0.5, 0.6) is 11.5 Å². The zero-order valence-corrected chi connectivity index (χ0v) is 12.4. The third-order valence-electron chi connectivity index (χ3n) is 5.37. The third-order valence-corrected chi connectivity index (χ3v) is 5.37. The molecule has 4 aliphatic rings. The number of hydrogen-bond donors (Lipinski definition) is 0. The van der Waals surface area contributed by atoms with Gasteiger partial charge in [0.05, 0.1) is 11.1 Å². The molecule has 0 unspecified atom stereocenters. The lowest BCUT2D eigenvalue weighted by Crippen LogP contribution is -2.58. The van der Waals surface area contributed by atoms with Crippen molar-refractivity contribution >= 4 is 23.7 Å². The van der Waals surface area contributed by atoms with E-state index in [0.717, 1.165) is 11.1 Å². The zero-order valence-electron chi connectivity index (χ0n) is 12.4. The summed E-state index contributed by atoms with van der Waals surface area (Å²) in [6.45, 7) is 0. The van der Waals surface area contributed by atoms with Gasteiger partial charge in [0, 0.05) is 0 Å². The van der Waals surface area contributed by atoms with Crippen molar-refractivity contribution < 1.29 is 19.1 Å². The number of hydrogen-bond acceptors (Lipinski definition) is 4. The van der Waals surface area contributed by atoms with E-state index in [1.54, 1.807) is 24.3 Å². The molecule has 2 atom stereocenters. The molecule has 2 spiro atoms. The van der Waals surface area contributed by atoms with Crippen molar-refractivity contribution in [3.8, 4) is 11.5 Å². The summed E-state index contributed by atoms with van der Waals surface area (Å²) in [5.74, 6) is 0.556. The highest BCUT2D eigenvalue weighted by molar-refractivity contribution is 6.17. The molecule has 2 aliphatic carbocycles. The molecule has 0 saturated carbocycles. The van der Waals surface area contributed by atoms with Gasteiger partial charge in [0.1, 0.15) is 11.5 Å². The summed E-state index contributed by atoms with van der Waals surface area (Å²) < 4.78 is 12.5. The second-order valence-corrected chi connectivity index (χ2v) is 6.40. The van der Waals surface area contributed by atoms with E-state index in [9.17, 15) is 9.59 Å². The fourth-order valence-electron chi connectivity index (χ4n) is 4.48. The van der Waals surface area contributed by atoms with Gasteiger partial charge in [0.2, 0.25) is 11.6 Å². The van der Waals surface area contributed by atoms with Gasteiger partial charge < -0.3 is 9.47 Å². The topological polar surface area (TPSA) is 52.6 Å². The summed E-state index contributed by atoms with van der Waals surface area (Å²) >= 11 is 0. The SMILES string of the molecule is O=C1C=Cc2cccc3c2[C@@]12Oc1cccc4c1[C@@]2(O3)C(=O)C=C4. The van der Waals surface area contributed by atoms with Gasteiger partial charge >= 0.3 is 0 Å². The average molecular weight is 314 g/mol. The molecular formula is C20H10O4. The Labute approximate surface area is 137 Å². The predicted molar refractivity (Wildman–Crippen MR) is 85.6 cm³/mol. The second kappa shape index (κ2) is 3.51. The van der Waals surface area contributed by atoms with Gasteiger partial charge in [-0.1, -0.05) is 36.4 Å². The van der Waals surface area contributed by atoms with Crippen LogP contribution in [0.1, 0.15) is 22.3 Å². The number of ketones is 2. The van der Waals surface area contributed by atoms with Crippen LogP contribution < -0.4 is 9.47 Å². The van der Waals surface area contributed by atoms with Crippen molar-refractivity contribution in [3.63, 3.8) is 0 Å². The van der Waals surface area contributed by atoms with Crippen LogP contribution in [0, 0.1) is 0 Å². The van der Waals surface area contributed by atoms with Gasteiger partial charge in [0.15, 0.2) is 0 Å². The fourth-order valence-corrected chi connectivity index (χ4v) is 4.48. The molecular weight excluding hydrogens is 304 g/mol. The van der Waals surface area contributed by atoms with E-state index >= 15 is 0 Å². The van der Waals surface area contributed by atoms with Crippen molar-refractivity contribution in [2.75, 3.05) is 0 Å². The van der Waals surface area contributed by atoms with E-state index < -0.39 is 11.2 Å². The van der Waals surface area contributed by atoms with Crippen LogP contribution >= 0.6 is 0 Å². The highest BCUT2D eigenvalue weighted by Gasteiger charge is 2.76. The molecule has 6 rings (SSSR count). The highest BCUT2D eigenvalue weighted by Crippen LogP contribution is 2.65. The van der Waals surface area contributed by atoms with Gasteiger partial charge in [-0.3, -0.25) is 9.59 Å². The minimum Gasteiger partial charge on any atom is -0.468 e. The van der Waals surface area contributed by atoms with Crippen LogP contribution in [0.15, 0.2) is 48.6 Å². The normalized spacial score (nSPS) is 29.7. The molecule has 0 radical (unpaired) electrons. The number of ether oxygens (including phenoxy) is 2. The fraction of sp³-hybridized carbons (Fsp3) is 0.100. The third kappa shape index (κ3) is 0.992. The minimum atomic E-state index is -1.46. The van der Waals surface area contributed by atoms with Gasteiger partial charge in [-0.15, -0.1) is 0 Å². The Morgan fingerprint density at radius 1 is 0.625 bits per heavy atom. The van der Waals surface area contributed by atoms with E-state index in [1.807, 2.05) is 24.3 Å². The van der Waals surface area contributed by atoms with E-state index in [1.165, 1.54) is 12.2 Å². The lowest BCUT2D eigenvalue weighted by molar-refractivity contribution is -0.156. The quantitative estimate of drug-likeness (QED) is 0.750. The number of carbonyl (C=O) groups is 2. The van der Waals surface area contributed by atoms with E-state index in [0.29, 0.717) is 22.6 Å². The number of benzene rings is 2. The Bertz CT molecular complexity index is 976. The first kappa shape index (κ1) is 12.3. The summed E-state index contributed by atoms with van der Waals surface area (Å²) in [5.41, 5.74) is 0.0787. The Hall–Kier alpha value is -3.14. The Morgan fingerprint density at radius 3 is 1.54 bits per heavy atom. The Kier molecular flexibility index (Phi) is 1.80. The lowest BCUT2D eigenvalue weighted by Gasteiger charge is -2.36. The van der Waals surface area contributed by atoms with Gasteiger partial charge in [0.25, 0.3) is 11.2 Å². The van der Waals surface area contributed by atoms with Crippen molar-refractivity contribution in [1.29, 1.82) is 0 Å². The van der Waals surface area contributed by atoms with E-state index in [4.69, 9.17) is 9.47 Å². The van der Waals surface area contributed by atoms with Crippen LogP contribution in [-0.4, -0.2) is 11.6 Å². The van der Waals surface area contributed by atoms with Crippen LogP contribution in [0.25, 0.3) is 12.2 Å². The first-order chi connectivity index (χ1) is 11.7. The van der Waals surface area contributed by atoms with Crippen molar-refractivity contribution in [3.05, 3.63) is 70.8 Å². The maximum absolute atomic E-state index is 13.1. The molecule has 0 saturated heterocycles. The smallest absolute Gasteiger partial charge is 0.251 e. The average Bonchev–Trinajstić information content (AvgIpc) is 3.04. The van der Waals surface area contributed by atoms with Crippen molar-refractivity contribution in [2.45, 2.75) is 11.2 Å². The first-order valence-electron chi connectivity index (χ1n) is 7.78. The summed E-state index contributed by atoms with van der Waals surface area (Å²) in [4.78, 5) is 26.1. The van der Waals surface area contributed by atoms with Crippen LogP contribution in [0.4, 0.5) is 0 Å². The maximum atomic E-state index is 13.1. The van der Waals surface area contributed by atoms with Gasteiger partial charge in [-0.2, -0.15) is 0 Å². The monoisotopic (exact) mass is 314 g/mol. The van der Waals surface area contributed by atoms with Crippen LogP contribution in [0.3, 0.4) is 0 Å². The molecule has 4 heteroatoms. The molecule has 0 N–H and O–H groups in total. The van der Waals surface area contributed by atoms with Crippen molar-refractivity contribution in [2.24, 2.45) is 0 Å². The van der Waals surface area contributed by atoms with Gasteiger partial charge in [-0.25, -0.2) is 0 Å². The summed E-state index contributed by atoms with van der Waals surface area (Å²) in [6.07, 6.45) is 6.48. The van der Waals surface area contributed by atoms with E-state index in [-0.39, 0.29) is 11.6 Å². The minimum absolute atomic E-state index is 0.259. The van der Waals surface area contributed by atoms with Gasteiger partial charge in [-0.05, 0) is 35.4 Å². The maximum Gasteiger partial charge on any atom is 0.251 e. The second-order valence-electron chi connectivity index (χ2n) is 6.40. The summed E-state index contributed by atoms with van der Waals surface area (Å²) in [5, 5.41) is 0. The molecule has 2 aromatic carbocycles. The summed E-state index contributed by atoms with van der Waals surface area (Å²) in [7, 11) is 0. The molecule has 0 amide bonds. The van der Waals surface area contributed by atoms with Crippen LogP contribution in [-0.2, 0) is 20.8 Å². The first-order valence-corrected chi connectivity index (χ1v) is 7.78. The Balaban J connectivity index is 1.83. The molecule has 0 fully saturated rings. The molecule has 0 bridgehead atoms. The van der Waals surface area contributed by atoms with E-state index in [2.05, 4.69) is 0 Å². The predicted octanol–water partition coefficient (Wildman–Crippen LogP) is 2.75. The molecule has 114 valence electrons. The lowest BCUT2D eigenvalue weighted by atomic mass is 9.67. The number of rotatable bonds is 0. The molecule has 4 nitrogen and oxygen atoms in total. The Morgan fingerprint density at radius 2 is 1.08 bits per heavy atom. The molecule has 0 aromatic heterocycles. The largest absolute Gasteiger partial charge is 0.468 e. The molecule has 24 heavy (non-hydrogen) atoms. The molecule has 2 heterocycles.